The third-order valence-corrected chi connectivity index (χ3v) is 4.71. The second-order valence-corrected chi connectivity index (χ2v) is 5.57. The van der Waals surface area contributed by atoms with Crippen LogP contribution in [0.3, 0.4) is 0 Å². The van der Waals surface area contributed by atoms with Crippen molar-refractivity contribution in [3.05, 3.63) is 0 Å². The van der Waals surface area contributed by atoms with Crippen LogP contribution >= 0.6 is 0 Å². The average molecular weight is 224 g/mol. The molecule has 6 atom stereocenters. The molecule has 0 aromatic carbocycles. The molecule has 4 aliphatic rings. The minimum absolute atomic E-state index is 0.367. The average Bonchev–Trinajstić information content (AvgIpc) is 2.80. The third-order valence-electron chi connectivity index (χ3n) is 4.71. The summed E-state index contributed by atoms with van der Waals surface area (Å²) >= 11 is 0. The van der Waals surface area contributed by atoms with Gasteiger partial charge in [-0.3, -0.25) is 4.90 Å². The Bertz CT molecular complexity index is 270. The summed E-state index contributed by atoms with van der Waals surface area (Å²) in [5, 5.41) is 3.70. The second-order valence-electron chi connectivity index (χ2n) is 5.57. The zero-order chi connectivity index (χ0) is 10.5. The lowest BCUT2D eigenvalue weighted by atomic mass is 9.96. The van der Waals surface area contributed by atoms with Gasteiger partial charge in [-0.2, -0.15) is 0 Å². The minimum Gasteiger partial charge on any atom is -0.375 e. The summed E-state index contributed by atoms with van der Waals surface area (Å²) in [5.41, 5.74) is 0. The van der Waals surface area contributed by atoms with Gasteiger partial charge in [0.05, 0.1) is 31.5 Å². The Kier molecular flexibility index (Phi) is 2.25. The number of morpholine rings is 2. The van der Waals surface area contributed by atoms with Gasteiger partial charge in [0.2, 0.25) is 0 Å². The zero-order valence-corrected chi connectivity index (χ0v) is 9.60. The van der Waals surface area contributed by atoms with Gasteiger partial charge in [-0.1, -0.05) is 0 Å². The molecule has 0 aromatic rings. The van der Waals surface area contributed by atoms with E-state index in [4.69, 9.17) is 9.47 Å². The largest absolute Gasteiger partial charge is 0.375 e. The molecule has 16 heavy (non-hydrogen) atoms. The van der Waals surface area contributed by atoms with E-state index in [2.05, 4.69) is 10.2 Å². The van der Waals surface area contributed by atoms with Gasteiger partial charge in [0, 0.05) is 25.2 Å². The van der Waals surface area contributed by atoms with Crippen molar-refractivity contribution in [2.24, 2.45) is 0 Å². The Morgan fingerprint density at radius 3 is 3.00 bits per heavy atom. The first-order valence-corrected chi connectivity index (χ1v) is 6.65. The Hall–Kier alpha value is -0.160. The van der Waals surface area contributed by atoms with Gasteiger partial charge < -0.3 is 14.8 Å². The molecule has 6 unspecified atom stereocenters. The van der Waals surface area contributed by atoms with E-state index in [1.54, 1.807) is 0 Å². The lowest BCUT2D eigenvalue weighted by molar-refractivity contribution is -0.111. The lowest BCUT2D eigenvalue weighted by Gasteiger charge is -2.42. The van der Waals surface area contributed by atoms with Crippen LogP contribution in [-0.2, 0) is 9.47 Å². The zero-order valence-electron chi connectivity index (χ0n) is 9.60. The van der Waals surface area contributed by atoms with Gasteiger partial charge >= 0.3 is 0 Å². The number of rotatable bonds is 1. The number of nitrogens with zero attached hydrogens (tertiary/aromatic N) is 1. The van der Waals surface area contributed by atoms with Crippen LogP contribution in [0.2, 0.25) is 0 Å². The second kappa shape index (κ2) is 3.67. The molecule has 4 aliphatic heterocycles. The van der Waals surface area contributed by atoms with E-state index in [0.717, 1.165) is 19.8 Å². The highest BCUT2D eigenvalue weighted by molar-refractivity contribution is 5.04. The standard InChI is InChI=1S/C12H20N2O2/c1-2-9-12(16-7-8(1)13-9)11-10-3-4-14(11)5-6-15-10/h8-13H,1-7H2. The summed E-state index contributed by atoms with van der Waals surface area (Å²) in [6.07, 6.45) is 4.57. The van der Waals surface area contributed by atoms with Crippen LogP contribution in [0, 0.1) is 0 Å². The number of nitrogens with one attached hydrogen (secondary N) is 1. The Morgan fingerprint density at radius 1 is 1.06 bits per heavy atom. The molecule has 4 heteroatoms. The van der Waals surface area contributed by atoms with Crippen molar-refractivity contribution < 1.29 is 9.47 Å². The minimum atomic E-state index is 0.367. The Balaban J connectivity index is 1.56. The van der Waals surface area contributed by atoms with Crippen molar-refractivity contribution in [3.63, 3.8) is 0 Å². The van der Waals surface area contributed by atoms with Gasteiger partial charge in [0.15, 0.2) is 0 Å². The van der Waals surface area contributed by atoms with Crippen molar-refractivity contribution in [1.82, 2.24) is 10.2 Å². The van der Waals surface area contributed by atoms with Crippen LogP contribution in [0.4, 0.5) is 0 Å². The molecule has 0 aliphatic carbocycles. The Morgan fingerprint density at radius 2 is 2.06 bits per heavy atom. The molecule has 0 radical (unpaired) electrons. The van der Waals surface area contributed by atoms with E-state index in [1.165, 1.54) is 25.8 Å². The molecule has 90 valence electrons. The SMILES string of the molecule is C1CN2CCC(O1)C2C1OCC2CCC1N2. The van der Waals surface area contributed by atoms with Crippen LogP contribution in [0.25, 0.3) is 0 Å². The number of hydrogen-bond acceptors (Lipinski definition) is 4. The number of hydrogen-bond donors (Lipinski definition) is 1. The summed E-state index contributed by atoms with van der Waals surface area (Å²) in [7, 11) is 0. The van der Waals surface area contributed by atoms with Crippen LogP contribution in [0.15, 0.2) is 0 Å². The fourth-order valence-electron chi connectivity index (χ4n) is 3.95. The molecule has 4 saturated heterocycles. The first kappa shape index (κ1) is 9.83. The quantitative estimate of drug-likeness (QED) is 0.678. The summed E-state index contributed by atoms with van der Waals surface area (Å²) < 4.78 is 12.0. The van der Waals surface area contributed by atoms with E-state index in [1.807, 2.05) is 0 Å². The van der Waals surface area contributed by atoms with Crippen LogP contribution < -0.4 is 5.32 Å². The van der Waals surface area contributed by atoms with Gasteiger partial charge in [-0.15, -0.1) is 0 Å². The van der Waals surface area contributed by atoms with E-state index >= 15 is 0 Å². The maximum atomic E-state index is 6.10. The molecule has 4 bridgehead atoms. The molecule has 0 amide bonds. The third kappa shape index (κ3) is 1.37. The molecular formula is C12H20N2O2. The smallest absolute Gasteiger partial charge is 0.0908 e. The summed E-state index contributed by atoms with van der Waals surface area (Å²) in [6, 6.07) is 1.72. The molecule has 0 spiro atoms. The summed E-state index contributed by atoms with van der Waals surface area (Å²) in [6.45, 7) is 4.11. The molecule has 4 heterocycles. The van der Waals surface area contributed by atoms with Crippen molar-refractivity contribution in [2.75, 3.05) is 26.3 Å². The lowest BCUT2D eigenvalue weighted by Crippen LogP contribution is -2.60. The number of fused-ring (bicyclic) bond motifs is 4. The van der Waals surface area contributed by atoms with E-state index in [9.17, 15) is 0 Å². The van der Waals surface area contributed by atoms with Gasteiger partial charge in [0.25, 0.3) is 0 Å². The first-order chi connectivity index (χ1) is 7.92. The van der Waals surface area contributed by atoms with Gasteiger partial charge in [-0.25, -0.2) is 0 Å². The van der Waals surface area contributed by atoms with E-state index in [-0.39, 0.29) is 0 Å². The topological polar surface area (TPSA) is 33.7 Å². The first-order valence-electron chi connectivity index (χ1n) is 6.65. The molecule has 0 saturated carbocycles. The molecule has 0 aromatic heterocycles. The Labute approximate surface area is 96.3 Å². The normalized spacial score (nSPS) is 55.5. The van der Waals surface area contributed by atoms with Crippen LogP contribution in [-0.4, -0.2) is 61.5 Å². The van der Waals surface area contributed by atoms with Crippen LogP contribution in [0.5, 0.6) is 0 Å². The number of ether oxygens (including phenoxy) is 2. The van der Waals surface area contributed by atoms with Crippen molar-refractivity contribution in [2.45, 2.75) is 49.6 Å². The summed E-state index contributed by atoms with van der Waals surface area (Å²) in [5.74, 6) is 0. The van der Waals surface area contributed by atoms with Crippen molar-refractivity contribution >= 4 is 0 Å². The predicted molar refractivity (Wildman–Crippen MR) is 59.4 cm³/mol. The molecule has 4 fully saturated rings. The van der Waals surface area contributed by atoms with Gasteiger partial charge in [0.1, 0.15) is 0 Å². The summed E-state index contributed by atoms with van der Waals surface area (Å²) in [4.78, 5) is 2.58. The molecule has 4 nitrogen and oxygen atoms in total. The predicted octanol–water partition coefficient (Wildman–Crippen LogP) is -0.0211. The van der Waals surface area contributed by atoms with Crippen molar-refractivity contribution in [3.8, 4) is 0 Å². The monoisotopic (exact) mass is 224 g/mol. The fourth-order valence-corrected chi connectivity index (χ4v) is 3.95. The highest BCUT2D eigenvalue weighted by Crippen LogP contribution is 2.34. The van der Waals surface area contributed by atoms with E-state index in [0.29, 0.717) is 30.3 Å². The maximum absolute atomic E-state index is 6.10. The van der Waals surface area contributed by atoms with E-state index < -0.39 is 0 Å². The fraction of sp³-hybridized carbons (Fsp3) is 1.00. The molecule has 1 N–H and O–H groups in total. The molecule has 4 rings (SSSR count). The molecular weight excluding hydrogens is 204 g/mol. The maximum Gasteiger partial charge on any atom is 0.0908 e. The van der Waals surface area contributed by atoms with Crippen molar-refractivity contribution in [1.29, 1.82) is 0 Å². The highest BCUT2D eigenvalue weighted by atomic mass is 16.5. The van der Waals surface area contributed by atoms with Gasteiger partial charge in [-0.05, 0) is 19.3 Å². The highest BCUT2D eigenvalue weighted by Gasteiger charge is 2.49. The van der Waals surface area contributed by atoms with Crippen LogP contribution in [0.1, 0.15) is 19.3 Å².